The van der Waals surface area contributed by atoms with E-state index in [0.717, 1.165) is 11.3 Å². The van der Waals surface area contributed by atoms with Crippen molar-refractivity contribution in [2.45, 2.75) is 13.8 Å². The summed E-state index contributed by atoms with van der Waals surface area (Å²) in [6.07, 6.45) is 2.00. The molecule has 1 nitrogen and oxygen atoms in total. The number of hydrogen-bond donors (Lipinski definition) is 1. The molecule has 0 spiro atoms. The van der Waals surface area contributed by atoms with Gasteiger partial charge in [0, 0.05) is 14.2 Å². The molecule has 0 aliphatic heterocycles. The van der Waals surface area contributed by atoms with Crippen molar-refractivity contribution in [3.05, 3.63) is 23.9 Å². The second-order valence-corrected chi connectivity index (χ2v) is 1.92. The molecule has 1 heteroatoms. The number of allylic oxidation sites excluding steroid dienone is 3. The minimum absolute atomic E-state index is 0. The fourth-order valence-electron chi connectivity index (χ4n) is 0.442. The van der Waals surface area contributed by atoms with Gasteiger partial charge in [0.15, 0.2) is 0 Å². The molecule has 0 aliphatic rings. The molecule has 0 rings (SSSR count). The molecule has 0 amide bonds. The first kappa shape index (κ1) is 7.28. The minimum atomic E-state index is 0. The van der Waals surface area contributed by atoms with Gasteiger partial charge in [-0.3, -0.25) is 0 Å². The molecule has 0 aromatic heterocycles. The highest BCUT2D eigenvalue weighted by molar-refractivity contribution is 5.15. The van der Waals surface area contributed by atoms with Crippen molar-refractivity contribution in [3.8, 4) is 0 Å². The number of hydrogen-bond acceptors (Lipinski definition) is 1. The smallest absolute Gasteiger partial charge is 0.00748 e. The van der Waals surface area contributed by atoms with E-state index >= 15 is 0 Å². The van der Waals surface area contributed by atoms with Crippen LogP contribution in [0.15, 0.2) is 23.9 Å². The molecule has 0 saturated heterocycles. The molecular weight excluding hydrogens is 98.1 g/mol. The van der Waals surface area contributed by atoms with Crippen molar-refractivity contribution in [3.63, 3.8) is 0 Å². The van der Waals surface area contributed by atoms with Crippen LogP contribution in [0.25, 0.3) is 0 Å². The average Bonchev–Trinajstić information content (AvgIpc) is 1.65. The average molecular weight is 113 g/mol. The predicted molar refractivity (Wildman–Crippen MR) is 39.7 cm³/mol. The zero-order chi connectivity index (χ0) is 6.57. The van der Waals surface area contributed by atoms with Crippen molar-refractivity contribution in [2.75, 3.05) is 7.05 Å². The van der Waals surface area contributed by atoms with Crippen LogP contribution in [0.1, 0.15) is 15.3 Å². The second-order valence-electron chi connectivity index (χ2n) is 1.92. The first-order valence-electron chi connectivity index (χ1n) is 2.68. The van der Waals surface area contributed by atoms with Crippen LogP contribution >= 0.6 is 0 Å². The van der Waals surface area contributed by atoms with Gasteiger partial charge in [0.2, 0.25) is 0 Å². The first-order valence-corrected chi connectivity index (χ1v) is 2.68. The van der Waals surface area contributed by atoms with E-state index in [9.17, 15) is 0 Å². The third-order valence-electron chi connectivity index (χ3n) is 0.857. The normalized spacial score (nSPS) is 11.1. The van der Waals surface area contributed by atoms with Gasteiger partial charge in [-0.2, -0.15) is 0 Å². The Kier molecular flexibility index (Phi) is 3.01. The lowest BCUT2D eigenvalue weighted by molar-refractivity contribution is 0.986. The van der Waals surface area contributed by atoms with Gasteiger partial charge in [-0.05, 0) is 19.9 Å². The number of nitrogens with one attached hydrogen (secondary N) is 1. The molecule has 0 atom stereocenters. The first-order chi connectivity index (χ1) is 3.66. The summed E-state index contributed by atoms with van der Waals surface area (Å²) in [5.41, 5.74) is 2.23. The van der Waals surface area contributed by atoms with Crippen LogP contribution in [0.2, 0.25) is 0 Å². The summed E-state index contributed by atoms with van der Waals surface area (Å²) in [6.45, 7) is 7.71. The SMILES string of the molecule is C=C(C)/C=C(/C)NC.[HH]. The van der Waals surface area contributed by atoms with Gasteiger partial charge in [-0.25, -0.2) is 0 Å². The van der Waals surface area contributed by atoms with Crippen LogP contribution in [0, 0.1) is 0 Å². The summed E-state index contributed by atoms with van der Waals surface area (Å²) in [5.74, 6) is 0. The molecule has 0 aromatic carbocycles. The van der Waals surface area contributed by atoms with E-state index in [0.29, 0.717) is 0 Å². The summed E-state index contributed by atoms with van der Waals surface area (Å²) >= 11 is 0. The molecule has 0 unspecified atom stereocenters. The lowest BCUT2D eigenvalue weighted by Gasteiger charge is -1.95. The van der Waals surface area contributed by atoms with Gasteiger partial charge >= 0.3 is 0 Å². The highest BCUT2D eigenvalue weighted by Gasteiger charge is 1.78. The molecule has 8 heavy (non-hydrogen) atoms. The van der Waals surface area contributed by atoms with Gasteiger partial charge in [0.05, 0.1) is 0 Å². The standard InChI is InChI=1S/C7H13N.H2/c1-6(2)5-7(3)8-4;/h5,8H,1H2,2-4H3;1H/b7-5-;. The molecule has 0 radical (unpaired) electrons. The Morgan fingerprint density at radius 3 is 2.25 bits per heavy atom. The Morgan fingerprint density at radius 1 is 1.62 bits per heavy atom. The third-order valence-corrected chi connectivity index (χ3v) is 0.857. The summed E-state index contributed by atoms with van der Waals surface area (Å²) in [7, 11) is 1.90. The highest BCUT2D eigenvalue weighted by Crippen LogP contribution is 1.92. The molecular formula is C7H15N. The van der Waals surface area contributed by atoms with Crippen LogP contribution in [0.5, 0.6) is 0 Å². The molecule has 0 aromatic rings. The monoisotopic (exact) mass is 113 g/mol. The second kappa shape index (κ2) is 3.30. The maximum atomic E-state index is 3.73. The van der Waals surface area contributed by atoms with Crippen molar-refractivity contribution < 1.29 is 1.43 Å². The van der Waals surface area contributed by atoms with E-state index in [1.807, 2.05) is 27.0 Å². The van der Waals surface area contributed by atoms with E-state index in [-0.39, 0.29) is 1.43 Å². The maximum absolute atomic E-state index is 3.73. The zero-order valence-corrected chi connectivity index (χ0v) is 5.78. The summed E-state index contributed by atoms with van der Waals surface area (Å²) in [4.78, 5) is 0. The van der Waals surface area contributed by atoms with E-state index in [4.69, 9.17) is 0 Å². The van der Waals surface area contributed by atoms with E-state index in [1.54, 1.807) is 0 Å². The van der Waals surface area contributed by atoms with Gasteiger partial charge in [-0.15, -0.1) is 0 Å². The van der Waals surface area contributed by atoms with E-state index in [2.05, 4.69) is 11.9 Å². The predicted octanol–water partition coefficient (Wildman–Crippen LogP) is 1.93. The van der Waals surface area contributed by atoms with Crippen LogP contribution < -0.4 is 5.32 Å². The molecule has 0 bridgehead atoms. The topological polar surface area (TPSA) is 12.0 Å². The van der Waals surface area contributed by atoms with Crippen molar-refractivity contribution in [1.29, 1.82) is 0 Å². The Hall–Kier alpha value is -0.720. The van der Waals surface area contributed by atoms with Gasteiger partial charge in [0.25, 0.3) is 0 Å². The van der Waals surface area contributed by atoms with Crippen LogP contribution in [0.4, 0.5) is 0 Å². The lowest BCUT2D eigenvalue weighted by Crippen LogP contribution is -2.00. The minimum Gasteiger partial charge on any atom is -0.392 e. The molecule has 1 N–H and O–H groups in total. The van der Waals surface area contributed by atoms with E-state index < -0.39 is 0 Å². The third kappa shape index (κ3) is 3.47. The summed E-state index contributed by atoms with van der Waals surface area (Å²) in [5, 5.41) is 3.00. The van der Waals surface area contributed by atoms with Gasteiger partial charge in [-0.1, -0.05) is 12.2 Å². The quantitative estimate of drug-likeness (QED) is 0.539. The van der Waals surface area contributed by atoms with Gasteiger partial charge < -0.3 is 5.32 Å². The van der Waals surface area contributed by atoms with Crippen LogP contribution in [-0.4, -0.2) is 7.05 Å². The van der Waals surface area contributed by atoms with Crippen LogP contribution in [0.3, 0.4) is 0 Å². The molecule has 0 fully saturated rings. The molecule has 0 heterocycles. The molecule has 48 valence electrons. The summed E-state index contributed by atoms with van der Waals surface area (Å²) < 4.78 is 0. The van der Waals surface area contributed by atoms with Crippen molar-refractivity contribution >= 4 is 0 Å². The lowest BCUT2D eigenvalue weighted by atomic mass is 10.3. The fraction of sp³-hybridized carbons (Fsp3) is 0.429. The van der Waals surface area contributed by atoms with Crippen LogP contribution in [-0.2, 0) is 0 Å². The zero-order valence-electron chi connectivity index (χ0n) is 5.78. The Balaban J connectivity index is 0. The van der Waals surface area contributed by atoms with E-state index in [1.165, 1.54) is 0 Å². The largest absolute Gasteiger partial charge is 0.392 e. The Labute approximate surface area is 52.6 Å². The van der Waals surface area contributed by atoms with Crippen molar-refractivity contribution in [1.82, 2.24) is 5.32 Å². The number of rotatable bonds is 2. The van der Waals surface area contributed by atoms with Crippen molar-refractivity contribution in [2.24, 2.45) is 0 Å². The Morgan fingerprint density at radius 2 is 2.12 bits per heavy atom. The maximum Gasteiger partial charge on any atom is 0.00748 e. The Bertz CT molecular complexity index is 116. The van der Waals surface area contributed by atoms with Gasteiger partial charge in [0.1, 0.15) is 0 Å². The fourth-order valence-corrected chi connectivity index (χ4v) is 0.442. The molecule has 0 aliphatic carbocycles. The highest BCUT2D eigenvalue weighted by atomic mass is 14.8. The molecule has 0 saturated carbocycles. The summed E-state index contributed by atoms with van der Waals surface area (Å²) in [6, 6.07) is 0.